The first-order chi connectivity index (χ1) is 13.8. The predicted molar refractivity (Wildman–Crippen MR) is 116 cm³/mol. The van der Waals surface area contributed by atoms with E-state index in [-0.39, 0.29) is 11.7 Å². The Morgan fingerprint density at radius 2 is 1.72 bits per heavy atom. The SMILES string of the molecule is Cc1ccc(NC(=O)c2cccc(N(C)C)c2)cc1-c1cc(O)ccc1C(N)=O. The van der Waals surface area contributed by atoms with Crippen molar-refractivity contribution in [2.75, 3.05) is 24.3 Å². The number of amides is 2. The van der Waals surface area contributed by atoms with Crippen LogP contribution in [0.1, 0.15) is 26.3 Å². The lowest BCUT2D eigenvalue weighted by atomic mass is 9.94. The van der Waals surface area contributed by atoms with Gasteiger partial charge in [0.25, 0.3) is 5.91 Å². The van der Waals surface area contributed by atoms with Crippen LogP contribution in [0, 0.1) is 6.92 Å². The summed E-state index contributed by atoms with van der Waals surface area (Å²) in [5.74, 6) is -0.803. The van der Waals surface area contributed by atoms with Gasteiger partial charge in [0.1, 0.15) is 5.75 Å². The molecule has 0 radical (unpaired) electrons. The van der Waals surface area contributed by atoms with Crippen molar-refractivity contribution in [3.8, 4) is 16.9 Å². The van der Waals surface area contributed by atoms with Crippen molar-refractivity contribution in [3.63, 3.8) is 0 Å². The van der Waals surface area contributed by atoms with E-state index in [2.05, 4.69) is 5.32 Å². The van der Waals surface area contributed by atoms with E-state index in [0.717, 1.165) is 11.3 Å². The molecule has 148 valence electrons. The van der Waals surface area contributed by atoms with E-state index in [1.54, 1.807) is 18.2 Å². The summed E-state index contributed by atoms with van der Waals surface area (Å²) in [6, 6.07) is 17.1. The number of anilines is 2. The molecule has 0 saturated heterocycles. The highest BCUT2D eigenvalue weighted by molar-refractivity contribution is 6.05. The number of benzene rings is 3. The molecular weight excluding hydrogens is 366 g/mol. The highest BCUT2D eigenvalue weighted by Crippen LogP contribution is 2.32. The summed E-state index contributed by atoms with van der Waals surface area (Å²) >= 11 is 0. The quantitative estimate of drug-likeness (QED) is 0.619. The van der Waals surface area contributed by atoms with Crippen LogP contribution in [-0.4, -0.2) is 31.0 Å². The standard InChI is InChI=1S/C23H23N3O3/c1-14-7-8-16(25-23(29)15-5-4-6-17(11-15)26(2)3)12-20(14)21-13-18(27)9-10-19(21)22(24)28/h4-13,27H,1-3H3,(H2,24,28)(H,25,29). The molecule has 0 aliphatic heterocycles. The van der Waals surface area contributed by atoms with Gasteiger partial charge in [0.15, 0.2) is 0 Å². The van der Waals surface area contributed by atoms with Crippen LogP contribution in [0.2, 0.25) is 0 Å². The number of nitrogens with two attached hydrogens (primary N) is 1. The average Bonchev–Trinajstić information content (AvgIpc) is 2.69. The molecule has 0 saturated carbocycles. The topological polar surface area (TPSA) is 95.7 Å². The number of nitrogens with zero attached hydrogens (tertiary/aromatic N) is 1. The van der Waals surface area contributed by atoms with Gasteiger partial charge in [-0.25, -0.2) is 0 Å². The van der Waals surface area contributed by atoms with Crippen molar-refractivity contribution in [1.29, 1.82) is 0 Å². The molecule has 0 aliphatic carbocycles. The van der Waals surface area contributed by atoms with Gasteiger partial charge in [-0.2, -0.15) is 0 Å². The van der Waals surface area contributed by atoms with Gasteiger partial charge in [0, 0.05) is 36.6 Å². The fourth-order valence-corrected chi connectivity index (χ4v) is 3.09. The smallest absolute Gasteiger partial charge is 0.255 e. The first-order valence-electron chi connectivity index (χ1n) is 9.09. The normalized spacial score (nSPS) is 10.4. The molecule has 0 unspecified atom stereocenters. The number of aryl methyl sites for hydroxylation is 1. The van der Waals surface area contributed by atoms with Crippen molar-refractivity contribution in [1.82, 2.24) is 0 Å². The first-order valence-corrected chi connectivity index (χ1v) is 9.09. The third-order valence-corrected chi connectivity index (χ3v) is 4.68. The monoisotopic (exact) mass is 389 g/mol. The van der Waals surface area contributed by atoms with Crippen LogP contribution >= 0.6 is 0 Å². The molecule has 2 amide bonds. The Kier molecular flexibility index (Phi) is 5.54. The molecule has 3 aromatic rings. The van der Waals surface area contributed by atoms with Crippen molar-refractivity contribution in [3.05, 3.63) is 77.4 Å². The Morgan fingerprint density at radius 1 is 0.966 bits per heavy atom. The molecule has 0 aliphatic rings. The number of primary amides is 1. The summed E-state index contributed by atoms with van der Waals surface area (Å²) in [6.07, 6.45) is 0. The van der Waals surface area contributed by atoms with E-state index < -0.39 is 5.91 Å². The molecule has 0 bridgehead atoms. The number of rotatable bonds is 5. The first kappa shape index (κ1) is 19.9. The average molecular weight is 389 g/mol. The maximum absolute atomic E-state index is 12.7. The molecule has 0 spiro atoms. The molecule has 6 heteroatoms. The van der Waals surface area contributed by atoms with Crippen LogP contribution in [0.5, 0.6) is 5.75 Å². The third-order valence-electron chi connectivity index (χ3n) is 4.68. The Labute approximate surface area is 169 Å². The Hall–Kier alpha value is -3.80. The van der Waals surface area contributed by atoms with Crippen LogP contribution in [0.25, 0.3) is 11.1 Å². The van der Waals surface area contributed by atoms with Gasteiger partial charge in [0.2, 0.25) is 5.91 Å². The van der Waals surface area contributed by atoms with Crippen molar-refractivity contribution in [2.24, 2.45) is 5.73 Å². The van der Waals surface area contributed by atoms with Gasteiger partial charge in [-0.1, -0.05) is 12.1 Å². The second kappa shape index (κ2) is 8.06. The van der Waals surface area contributed by atoms with Crippen LogP contribution < -0.4 is 16.0 Å². The number of phenols is 1. The lowest BCUT2D eigenvalue weighted by molar-refractivity contribution is 0.0998. The summed E-state index contributed by atoms with van der Waals surface area (Å²) in [5, 5.41) is 12.8. The van der Waals surface area contributed by atoms with Gasteiger partial charge < -0.3 is 21.1 Å². The van der Waals surface area contributed by atoms with Crippen molar-refractivity contribution < 1.29 is 14.7 Å². The van der Waals surface area contributed by atoms with E-state index in [0.29, 0.717) is 27.9 Å². The largest absolute Gasteiger partial charge is 0.508 e. The molecule has 29 heavy (non-hydrogen) atoms. The van der Waals surface area contributed by atoms with Gasteiger partial charge in [-0.05, 0) is 72.1 Å². The summed E-state index contributed by atoms with van der Waals surface area (Å²) < 4.78 is 0. The highest BCUT2D eigenvalue weighted by Gasteiger charge is 2.15. The van der Waals surface area contributed by atoms with Gasteiger partial charge in [0.05, 0.1) is 0 Å². The van der Waals surface area contributed by atoms with E-state index in [1.165, 1.54) is 18.2 Å². The molecule has 6 nitrogen and oxygen atoms in total. The number of carbonyl (C=O) groups excluding carboxylic acids is 2. The van der Waals surface area contributed by atoms with Crippen LogP contribution in [0.4, 0.5) is 11.4 Å². The maximum Gasteiger partial charge on any atom is 0.255 e. The second-order valence-corrected chi connectivity index (χ2v) is 7.02. The van der Waals surface area contributed by atoms with Crippen molar-refractivity contribution in [2.45, 2.75) is 6.92 Å². The van der Waals surface area contributed by atoms with Gasteiger partial charge in [-0.3, -0.25) is 9.59 Å². The van der Waals surface area contributed by atoms with Crippen LogP contribution in [-0.2, 0) is 0 Å². The highest BCUT2D eigenvalue weighted by atomic mass is 16.3. The molecule has 3 rings (SSSR count). The summed E-state index contributed by atoms with van der Waals surface area (Å²) in [4.78, 5) is 26.5. The lowest BCUT2D eigenvalue weighted by Crippen LogP contribution is -2.14. The Balaban J connectivity index is 1.97. The molecule has 0 fully saturated rings. The molecule has 0 aromatic heterocycles. The lowest BCUT2D eigenvalue weighted by Gasteiger charge is -2.15. The maximum atomic E-state index is 12.7. The fraction of sp³-hybridized carbons (Fsp3) is 0.130. The number of hydrogen-bond donors (Lipinski definition) is 3. The Morgan fingerprint density at radius 3 is 2.41 bits per heavy atom. The van der Waals surface area contributed by atoms with E-state index in [4.69, 9.17) is 5.73 Å². The molecule has 3 aromatic carbocycles. The minimum Gasteiger partial charge on any atom is -0.508 e. The molecule has 4 N–H and O–H groups in total. The minimum absolute atomic E-state index is 0.0272. The van der Waals surface area contributed by atoms with E-state index in [1.807, 2.05) is 50.2 Å². The number of hydrogen-bond acceptors (Lipinski definition) is 4. The Bertz CT molecular complexity index is 1090. The number of carbonyl (C=O) groups is 2. The zero-order valence-electron chi connectivity index (χ0n) is 16.6. The fourth-order valence-electron chi connectivity index (χ4n) is 3.09. The third kappa shape index (κ3) is 4.38. The van der Waals surface area contributed by atoms with Gasteiger partial charge >= 0.3 is 0 Å². The second-order valence-electron chi connectivity index (χ2n) is 7.02. The number of phenolic OH excluding ortho intramolecular Hbond substituents is 1. The zero-order valence-corrected chi connectivity index (χ0v) is 16.6. The van der Waals surface area contributed by atoms with Crippen LogP contribution in [0.3, 0.4) is 0 Å². The summed E-state index contributed by atoms with van der Waals surface area (Å²) in [7, 11) is 3.82. The molecule has 0 atom stereocenters. The molecule has 0 heterocycles. The van der Waals surface area contributed by atoms with Gasteiger partial charge in [-0.15, -0.1) is 0 Å². The molecular formula is C23H23N3O3. The zero-order chi connectivity index (χ0) is 21.1. The summed E-state index contributed by atoms with van der Waals surface area (Å²) in [5.41, 5.74) is 9.92. The van der Waals surface area contributed by atoms with Crippen LogP contribution in [0.15, 0.2) is 60.7 Å². The predicted octanol–water partition coefficient (Wildman–Crippen LogP) is 3.78. The number of nitrogens with one attached hydrogen (secondary N) is 1. The minimum atomic E-state index is -0.589. The van der Waals surface area contributed by atoms with Crippen molar-refractivity contribution >= 4 is 23.2 Å². The van der Waals surface area contributed by atoms with E-state index in [9.17, 15) is 14.7 Å². The number of aromatic hydroxyl groups is 1. The van der Waals surface area contributed by atoms with E-state index >= 15 is 0 Å². The summed E-state index contributed by atoms with van der Waals surface area (Å²) in [6.45, 7) is 1.89.